The van der Waals surface area contributed by atoms with Crippen molar-refractivity contribution in [2.24, 2.45) is 5.84 Å². The quantitative estimate of drug-likeness (QED) is 0.295. The number of rotatable bonds is 4. The lowest BCUT2D eigenvalue weighted by atomic mass is 10.3. The zero-order valence-corrected chi connectivity index (χ0v) is 8.01. The number of nitrogen functional groups attached to an aromatic ring is 1. The van der Waals surface area contributed by atoms with Crippen LogP contribution in [0.15, 0.2) is 12.4 Å². The van der Waals surface area contributed by atoms with E-state index < -0.39 is 12.0 Å². The number of aromatic nitrogens is 2. The third-order valence-corrected chi connectivity index (χ3v) is 1.71. The van der Waals surface area contributed by atoms with Crippen LogP contribution in [0.2, 0.25) is 0 Å². The smallest absolute Gasteiger partial charge is 0.293 e. The number of nitrogens with two attached hydrogens (primary N) is 1. The van der Waals surface area contributed by atoms with Crippen molar-refractivity contribution < 1.29 is 14.3 Å². The molecule has 15 heavy (non-hydrogen) atoms. The minimum absolute atomic E-state index is 0.0968. The first-order valence-electron chi connectivity index (χ1n) is 4.11. The summed E-state index contributed by atoms with van der Waals surface area (Å²) in [6, 6.07) is 0. The minimum Gasteiger partial charge on any atom is -0.458 e. The van der Waals surface area contributed by atoms with Gasteiger partial charge in [-0.05, 0) is 6.92 Å². The molecule has 0 aliphatic rings. The molecule has 1 aromatic rings. The zero-order chi connectivity index (χ0) is 11.3. The standard InChI is InChI=1S/C8H10N4O3/c1-5(15-4-13)6-2-11-7(3-10-6)8(14)12-9/h2-5H,9H2,1H3,(H,12,14). The van der Waals surface area contributed by atoms with Gasteiger partial charge in [0.2, 0.25) is 0 Å². The van der Waals surface area contributed by atoms with E-state index in [1.807, 2.05) is 5.43 Å². The van der Waals surface area contributed by atoms with Gasteiger partial charge in [-0.3, -0.25) is 20.0 Å². The highest BCUT2D eigenvalue weighted by Crippen LogP contribution is 2.11. The Bertz CT molecular complexity index is 351. The number of nitrogens with zero attached hydrogens (tertiary/aromatic N) is 2. The van der Waals surface area contributed by atoms with Crippen LogP contribution >= 0.6 is 0 Å². The van der Waals surface area contributed by atoms with Gasteiger partial charge in [0.15, 0.2) is 0 Å². The fourth-order valence-corrected chi connectivity index (χ4v) is 0.892. The van der Waals surface area contributed by atoms with E-state index in [0.717, 1.165) is 0 Å². The Morgan fingerprint density at radius 3 is 2.80 bits per heavy atom. The molecule has 1 unspecified atom stereocenters. The van der Waals surface area contributed by atoms with Crippen molar-refractivity contribution in [3.05, 3.63) is 23.8 Å². The first-order valence-corrected chi connectivity index (χ1v) is 4.11. The van der Waals surface area contributed by atoms with E-state index in [9.17, 15) is 9.59 Å². The van der Waals surface area contributed by atoms with Crippen molar-refractivity contribution in [3.8, 4) is 0 Å². The number of carbonyl (C=O) groups excluding carboxylic acids is 2. The molecule has 1 heterocycles. The SMILES string of the molecule is CC(OC=O)c1cnc(C(=O)NN)cn1. The van der Waals surface area contributed by atoms with E-state index in [1.54, 1.807) is 6.92 Å². The molecule has 3 N–H and O–H groups in total. The molecule has 1 amide bonds. The lowest BCUT2D eigenvalue weighted by Gasteiger charge is -2.07. The maximum Gasteiger partial charge on any atom is 0.293 e. The summed E-state index contributed by atoms with van der Waals surface area (Å²) in [5.74, 6) is 4.38. The van der Waals surface area contributed by atoms with Gasteiger partial charge < -0.3 is 4.74 Å². The molecule has 0 aromatic carbocycles. The molecule has 0 aliphatic carbocycles. The van der Waals surface area contributed by atoms with Crippen LogP contribution in [0.3, 0.4) is 0 Å². The molecule has 7 heteroatoms. The fraction of sp³-hybridized carbons (Fsp3) is 0.250. The molecule has 1 atom stereocenters. The molecule has 0 radical (unpaired) electrons. The van der Waals surface area contributed by atoms with Gasteiger partial charge >= 0.3 is 0 Å². The third kappa shape index (κ3) is 2.71. The van der Waals surface area contributed by atoms with Crippen LogP contribution < -0.4 is 11.3 Å². The number of ether oxygens (including phenoxy) is 1. The topological polar surface area (TPSA) is 107 Å². The number of carbonyl (C=O) groups is 2. The second kappa shape index (κ2) is 5.01. The summed E-state index contributed by atoms with van der Waals surface area (Å²) in [5, 5.41) is 0. The van der Waals surface area contributed by atoms with Crippen LogP contribution in [0.1, 0.15) is 29.2 Å². The molecule has 80 valence electrons. The monoisotopic (exact) mass is 210 g/mol. The van der Waals surface area contributed by atoms with Gasteiger partial charge in [-0.1, -0.05) is 0 Å². The Labute approximate surface area is 85.6 Å². The lowest BCUT2D eigenvalue weighted by molar-refractivity contribution is -0.133. The Morgan fingerprint density at radius 2 is 2.33 bits per heavy atom. The molecule has 1 rings (SSSR count). The molecule has 0 saturated carbocycles. The molecule has 0 aliphatic heterocycles. The average Bonchev–Trinajstić information content (AvgIpc) is 2.28. The summed E-state index contributed by atoms with van der Waals surface area (Å²) < 4.78 is 4.65. The van der Waals surface area contributed by atoms with Crippen molar-refractivity contribution >= 4 is 12.4 Å². The number of hydrogen-bond acceptors (Lipinski definition) is 6. The van der Waals surface area contributed by atoms with Crippen LogP contribution in [0.4, 0.5) is 0 Å². The van der Waals surface area contributed by atoms with Gasteiger partial charge in [-0.2, -0.15) is 0 Å². The Kier molecular flexibility index (Phi) is 3.69. The van der Waals surface area contributed by atoms with Crippen molar-refractivity contribution in [2.75, 3.05) is 0 Å². The third-order valence-electron chi connectivity index (χ3n) is 1.71. The van der Waals surface area contributed by atoms with Gasteiger partial charge in [-0.15, -0.1) is 0 Å². The molecule has 0 bridgehead atoms. The van der Waals surface area contributed by atoms with Gasteiger partial charge in [-0.25, -0.2) is 10.8 Å². The first kappa shape index (κ1) is 11.1. The normalized spacial score (nSPS) is 11.6. The molecule has 7 nitrogen and oxygen atoms in total. The Balaban J connectivity index is 2.80. The first-order chi connectivity index (χ1) is 7.19. The number of nitrogens with one attached hydrogen (secondary N) is 1. The van der Waals surface area contributed by atoms with Gasteiger partial charge in [0.25, 0.3) is 12.4 Å². The molecule has 1 aromatic heterocycles. The second-order valence-corrected chi connectivity index (χ2v) is 2.67. The number of hydrazine groups is 1. The van der Waals surface area contributed by atoms with E-state index in [0.29, 0.717) is 12.2 Å². The van der Waals surface area contributed by atoms with E-state index in [4.69, 9.17) is 5.84 Å². The minimum atomic E-state index is -0.530. The molecular formula is C8H10N4O3. The van der Waals surface area contributed by atoms with Crippen LogP contribution in [-0.4, -0.2) is 22.3 Å². The van der Waals surface area contributed by atoms with Gasteiger partial charge in [0, 0.05) is 0 Å². The van der Waals surface area contributed by atoms with Crippen molar-refractivity contribution in [1.29, 1.82) is 0 Å². The summed E-state index contributed by atoms with van der Waals surface area (Å²) >= 11 is 0. The van der Waals surface area contributed by atoms with E-state index >= 15 is 0 Å². The molecular weight excluding hydrogens is 200 g/mol. The van der Waals surface area contributed by atoms with E-state index in [-0.39, 0.29) is 5.69 Å². The van der Waals surface area contributed by atoms with Crippen LogP contribution in [0.25, 0.3) is 0 Å². The van der Waals surface area contributed by atoms with E-state index in [1.165, 1.54) is 12.4 Å². The maximum atomic E-state index is 11.0. The fourth-order valence-electron chi connectivity index (χ4n) is 0.892. The summed E-state index contributed by atoms with van der Waals surface area (Å²) in [6.07, 6.45) is 2.10. The summed E-state index contributed by atoms with van der Waals surface area (Å²) in [6.45, 7) is 1.97. The highest BCUT2D eigenvalue weighted by atomic mass is 16.5. The maximum absolute atomic E-state index is 11.0. The Morgan fingerprint density at radius 1 is 1.60 bits per heavy atom. The van der Waals surface area contributed by atoms with E-state index in [2.05, 4.69) is 14.7 Å². The van der Waals surface area contributed by atoms with Gasteiger partial charge in [0.1, 0.15) is 11.8 Å². The summed E-state index contributed by atoms with van der Waals surface area (Å²) in [5.41, 5.74) is 2.48. The van der Waals surface area contributed by atoms with Crippen LogP contribution in [0.5, 0.6) is 0 Å². The molecule has 0 saturated heterocycles. The van der Waals surface area contributed by atoms with Crippen LogP contribution in [0, 0.1) is 0 Å². The van der Waals surface area contributed by atoms with Gasteiger partial charge in [0.05, 0.1) is 18.1 Å². The highest BCUT2D eigenvalue weighted by molar-refractivity contribution is 5.91. The van der Waals surface area contributed by atoms with Crippen molar-refractivity contribution in [1.82, 2.24) is 15.4 Å². The second-order valence-electron chi connectivity index (χ2n) is 2.67. The predicted octanol–water partition coefficient (Wildman–Crippen LogP) is -0.686. The van der Waals surface area contributed by atoms with Crippen molar-refractivity contribution in [3.63, 3.8) is 0 Å². The highest BCUT2D eigenvalue weighted by Gasteiger charge is 2.10. The zero-order valence-electron chi connectivity index (χ0n) is 8.01. The lowest BCUT2D eigenvalue weighted by Crippen LogP contribution is -2.30. The number of hydrogen-bond donors (Lipinski definition) is 2. The Hall–Kier alpha value is -2.02. The number of amides is 1. The predicted molar refractivity (Wildman–Crippen MR) is 49.2 cm³/mol. The van der Waals surface area contributed by atoms with Crippen LogP contribution in [-0.2, 0) is 9.53 Å². The summed E-state index contributed by atoms with van der Waals surface area (Å²) in [7, 11) is 0. The molecule has 0 fully saturated rings. The largest absolute Gasteiger partial charge is 0.458 e. The van der Waals surface area contributed by atoms with Crippen molar-refractivity contribution in [2.45, 2.75) is 13.0 Å². The summed E-state index contributed by atoms with van der Waals surface area (Å²) in [4.78, 5) is 28.8. The average molecular weight is 210 g/mol. The molecule has 0 spiro atoms.